The van der Waals surface area contributed by atoms with Crippen LogP contribution in [0.15, 0.2) is 30.3 Å². The van der Waals surface area contributed by atoms with Gasteiger partial charge in [0.05, 0.1) is 0 Å². The Labute approximate surface area is 99.4 Å². The molecule has 0 radical (unpaired) electrons. The number of rotatable bonds is 5. The molecule has 15 heavy (non-hydrogen) atoms. The predicted octanol–water partition coefficient (Wildman–Crippen LogP) is 3.21. The van der Waals surface area contributed by atoms with Gasteiger partial charge < -0.3 is 4.90 Å². The van der Waals surface area contributed by atoms with Crippen LogP contribution in [0.1, 0.15) is 19.3 Å². The van der Waals surface area contributed by atoms with E-state index < -0.39 is 0 Å². The molecule has 82 valence electrons. The number of nitrogens with zero attached hydrogens (tertiary/aromatic N) is 1. The van der Waals surface area contributed by atoms with Crippen LogP contribution in [0.25, 0.3) is 0 Å². The highest BCUT2D eigenvalue weighted by molar-refractivity contribution is 9.09. The number of hydrogen-bond acceptors (Lipinski definition) is 1. The van der Waals surface area contributed by atoms with Crippen LogP contribution in [0, 0.1) is 0 Å². The van der Waals surface area contributed by atoms with Crippen LogP contribution in [0.2, 0.25) is 0 Å². The molecule has 2 nitrogen and oxygen atoms in total. The Morgan fingerprint density at radius 2 is 1.93 bits per heavy atom. The number of hydrogen-bond donors (Lipinski definition) is 0. The van der Waals surface area contributed by atoms with Gasteiger partial charge in [-0.3, -0.25) is 4.79 Å². The predicted molar refractivity (Wildman–Crippen MR) is 67.5 cm³/mol. The Kier molecular flexibility index (Phi) is 5.40. The lowest BCUT2D eigenvalue weighted by Gasteiger charge is -2.16. The Morgan fingerprint density at radius 3 is 2.53 bits per heavy atom. The summed E-state index contributed by atoms with van der Waals surface area (Å²) in [5, 5.41) is 0.968. The largest absolute Gasteiger partial charge is 0.316 e. The van der Waals surface area contributed by atoms with E-state index >= 15 is 0 Å². The smallest absolute Gasteiger partial charge is 0.226 e. The summed E-state index contributed by atoms with van der Waals surface area (Å²) in [6.07, 6.45) is 2.62. The molecule has 1 aromatic rings. The van der Waals surface area contributed by atoms with Gasteiger partial charge in [0.25, 0.3) is 0 Å². The fourth-order valence-electron chi connectivity index (χ4n) is 1.33. The standard InChI is InChI=1S/C12H16BrNO/c1-14(11-7-3-2-4-8-11)12(15)9-5-6-10-13/h2-4,7-8H,5-6,9-10H2,1H3. The van der Waals surface area contributed by atoms with E-state index in [4.69, 9.17) is 0 Å². The molecule has 0 saturated carbocycles. The molecule has 3 heteroatoms. The lowest BCUT2D eigenvalue weighted by Crippen LogP contribution is -2.25. The van der Waals surface area contributed by atoms with E-state index in [0.29, 0.717) is 6.42 Å². The Hall–Kier alpha value is -0.830. The first-order valence-electron chi connectivity index (χ1n) is 5.13. The normalized spacial score (nSPS) is 10.0. The second kappa shape index (κ2) is 6.62. The number of para-hydroxylation sites is 1. The quantitative estimate of drug-likeness (QED) is 0.594. The van der Waals surface area contributed by atoms with Gasteiger partial charge in [-0.05, 0) is 25.0 Å². The molecule has 0 atom stereocenters. The SMILES string of the molecule is CN(C(=O)CCCCBr)c1ccccc1. The van der Waals surface area contributed by atoms with Gasteiger partial charge in [0.2, 0.25) is 5.91 Å². The van der Waals surface area contributed by atoms with Gasteiger partial charge >= 0.3 is 0 Å². The second-order valence-corrected chi connectivity index (χ2v) is 4.23. The second-order valence-electron chi connectivity index (χ2n) is 3.43. The molecule has 0 aliphatic rings. The third-order valence-corrected chi connectivity index (χ3v) is 2.85. The first kappa shape index (κ1) is 12.2. The van der Waals surface area contributed by atoms with Gasteiger partial charge in [-0.15, -0.1) is 0 Å². The summed E-state index contributed by atoms with van der Waals surface area (Å²) in [7, 11) is 1.83. The number of benzene rings is 1. The van der Waals surface area contributed by atoms with Crippen molar-refractivity contribution < 1.29 is 4.79 Å². The van der Waals surface area contributed by atoms with Gasteiger partial charge in [0, 0.05) is 24.5 Å². The van der Waals surface area contributed by atoms with E-state index in [9.17, 15) is 4.79 Å². The number of alkyl halides is 1. The van der Waals surface area contributed by atoms with Crippen molar-refractivity contribution in [1.82, 2.24) is 0 Å². The first-order valence-corrected chi connectivity index (χ1v) is 6.25. The molecule has 1 aromatic carbocycles. The number of carbonyl (C=O) groups is 1. The van der Waals surface area contributed by atoms with Crippen molar-refractivity contribution in [3.8, 4) is 0 Å². The maximum Gasteiger partial charge on any atom is 0.226 e. The van der Waals surface area contributed by atoms with Crippen LogP contribution in [-0.2, 0) is 4.79 Å². The fraction of sp³-hybridized carbons (Fsp3) is 0.417. The van der Waals surface area contributed by atoms with Crippen molar-refractivity contribution in [1.29, 1.82) is 0 Å². The van der Waals surface area contributed by atoms with Crippen molar-refractivity contribution in [3.63, 3.8) is 0 Å². The molecule has 0 fully saturated rings. The molecule has 0 unspecified atom stereocenters. The van der Waals surface area contributed by atoms with Crippen molar-refractivity contribution in [2.75, 3.05) is 17.3 Å². The summed E-state index contributed by atoms with van der Waals surface area (Å²) < 4.78 is 0. The number of carbonyl (C=O) groups excluding carboxylic acids is 1. The number of amides is 1. The molecule has 0 aliphatic heterocycles. The fourth-order valence-corrected chi connectivity index (χ4v) is 1.73. The summed E-state index contributed by atoms with van der Waals surface area (Å²) in [5.74, 6) is 0.183. The molecule has 1 rings (SSSR count). The van der Waals surface area contributed by atoms with Crippen LogP contribution >= 0.6 is 15.9 Å². The third-order valence-electron chi connectivity index (χ3n) is 2.29. The molecule has 0 N–H and O–H groups in total. The lowest BCUT2D eigenvalue weighted by atomic mass is 10.2. The first-order chi connectivity index (χ1) is 7.25. The molecular formula is C12H16BrNO. The summed E-state index contributed by atoms with van der Waals surface area (Å²) in [5.41, 5.74) is 0.960. The molecule has 1 amide bonds. The molecular weight excluding hydrogens is 254 g/mol. The minimum absolute atomic E-state index is 0.183. The Balaban J connectivity index is 2.46. The van der Waals surface area contributed by atoms with Gasteiger partial charge in [-0.25, -0.2) is 0 Å². The Morgan fingerprint density at radius 1 is 1.27 bits per heavy atom. The zero-order valence-electron chi connectivity index (χ0n) is 8.95. The van der Waals surface area contributed by atoms with Crippen LogP contribution in [0.3, 0.4) is 0 Å². The molecule has 0 bridgehead atoms. The molecule has 0 aromatic heterocycles. The highest BCUT2D eigenvalue weighted by atomic mass is 79.9. The van der Waals surface area contributed by atoms with Crippen molar-refractivity contribution in [2.24, 2.45) is 0 Å². The van der Waals surface area contributed by atoms with E-state index in [-0.39, 0.29) is 5.91 Å². The number of halogens is 1. The third kappa shape index (κ3) is 4.04. The van der Waals surface area contributed by atoms with E-state index in [2.05, 4.69) is 15.9 Å². The molecule has 0 saturated heterocycles. The molecule has 0 aliphatic carbocycles. The lowest BCUT2D eigenvalue weighted by molar-refractivity contribution is -0.118. The van der Waals surface area contributed by atoms with Gasteiger partial charge in [0.15, 0.2) is 0 Å². The summed E-state index contributed by atoms with van der Waals surface area (Å²) in [4.78, 5) is 13.4. The zero-order valence-corrected chi connectivity index (χ0v) is 10.5. The van der Waals surface area contributed by atoms with E-state index in [1.54, 1.807) is 4.90 Å². The van der Waals surface area contributed by atoms with Crippen LogP contribution in [-0.4, -0.2) is 18.3 Å². The highest BCUT2D eigenvalue weighted by Gasteiger charge is 2.09. The monoisotopic (exact) mass is 269 g/mol. The van der Waals surface area contributed by atoms with Gasteiger partial charge in [-0.2, -0.15) is 0 Å². The summed E-state index contributed by atoms with van der Waals surface area (Å²) >= 11 is 3.36. The zero-order chi connectivity index (χ0) is 11.1. The van der Waals surface area contributed by atoms with Gasteiger partial charge in [-0.1, -0.05) is 34.1 Å². The molecule has 0 heterocycles. The van der Waals surface area contributed by atoms with Crippen molar-refractivity contribution >= 4 is 27.5 Å². The minimum atomic E-state index is 0.183. The highest BCUT2D eigenvalue weighted by Crippen LogP contribution is 2.13. The van der Waals surface area contributed by atoms with E-state index in [0.717, 1.165) is 23.9 Å². The van der Waals surface area contributed by atoms with Crippen LogP contribution in [0.4, 0.5) is 5.69 Å². The Bertz CT molecular complexity index is 300. The summed E-state index contributed by atoms with van der Waals surface area (Å²) in [6.45, 7) is 0. The average Bonchev–Trinajstić information content (AvgIpc) is 2.29. The van der Waals surface area contributed by atoms with Crippen molar-refractivity contribution in [2.45, 2.75) is 19.3 Å². The van der Waals surface area contributed by atoms with Gasteiger partial charge in [0.1, 0.15) is 0 Å². The minimum Gasteiger partial charge on any atom is -0.316 e. The molecule has 0 spiro atoms. The number of anilines is 1. The van der Waals surface area contributed by atoms with Crippen molar-refractivity contribution in [3.05, 3.63) is 30.3 Å². The van der Waals surface area contributed by atoms with Crippen LogP contribution < -0.4 is 4.90 Å². The maximum atomic E-state index is 11.7. The summed E-state index contributed by atoms with van der Waals surface area (Å²) in [6, 6.07) is 9.73. The maximum absolute atomic E-state index is 11.7. The topological polar surface area (TPSA) is 20.3 Å². The van der Waals surface area contributed by atoms with E-state index in [1.165, 1.54) is 0 Å². The number of unbranched alkanes of at least 4 members (excludes halogenated alkanes) is 1. The van der Waals surface area contributed by atoms with E-state index in [1.807, 2.05) is 37.4 Å². The van der Waals surface area contributed by atoms with Crippen LogP contribution in [0.5, 0.6) is 0 Å². The average molecular weight is 270 g/mol.